The van der Waals surface area contributed by atoms with Crippen LogP contribution in [0.25, 0.3) is 16.9 Å². The molecular formula is C19H14ClF3N6O. The Kier molecular flexibility index (Phi) is 4.73. The van der Waals surface area contributed by atoms with Crippen LogP contribution in [0.15, 0.2) is 42.7 Å². The Morgan fingerprint density at radius 3 is 2.60 bits per heavy atom. The van der Waals surface area contributed by atoms with Crippen molar-refractivity contribution in [3.05, 3.63) is 64.6 Å². The van der Waals surface area contributed by atoms with Crippen LogP contribution >= 0.6 is 11.6 Å². The summed E-state index contributed by atoms with van der Waals surface area (Å²) in [6.07, 6.45) is -2.43. The molecule has 0 spiro atoms. The highest BCUT2D eigenvalue weighted by Crippen LogP contribution is 2.29. The summed E-state index contributed by atoms with van der Waals surface area (Å²) < 4.78 is 41.2. The summed E-state index contributed by atoms with van der Waals surface area (Å²) in [6, 6.07) is 7.31. The number of imidazole rings is 1. The second kappa shape index (κ2) is 7.13. The zero-order valence-corrected chi connectivity index (χ0v) is 16.5. The smallest absolute Gasteiger partial charge is 0.313 e. The van der Waals surface area contributed by atoms with E-state index in [1.165, 1.54) is 16.9 Å². The topological polar surface area (TPSA) is 77.6 Å². The fourth-order valence-electron chi connectivity index (χ4n) is 3.00. The minimum Gasteiger partial charge on any atom is -0.313 e. The van der Waals surface area contributed by atoms with Gasteiger partial charge in [0.25, 0.3) is 5.91 Å². The minimum absolute atomic E-state index is 0.164. The first-order valence-corrected chi connectivity index (χ1v) is 9.04. The molecule has 1 aromatic carbocycles. The van der Waals surface area contributed by atoms with E-state index in [2.05, 4.69) is 20.4 Å². The molecule has 0 atom stereocenters. The van der Waals surface area contributed by atoms with Gasteiger partial charge in [-0.2, -0.15) is 18.3 Å². The van der Waals surface area contributed by atoms with Crippen molar-refractivity contribution in [2.45, 2.75) is 13.1 Å². The van der Waals surface area contributed by atoms with Crippen molar-refractivity contribution in [1.29, 1.82) is 0 Å². The van der Waals surface area contributed by atoms with E-state index in [1.54, 1.807) is 36.7 Å². The molecule has 4 rings (SSSR count). The summed E-state index contributed by atoms with van der Waals surface area (Å²) >= 11 is 5.98. The number of carbonyl (C=O) groups excluding carboxylic acids is 1. The lowest BCUT2D eigenvalue weighted by Crippen LogP contribution is -2.16. The second-order valence-electron chi connectivity index (χ2n) is 6.54. The average Bonchev–Trinajstić information content (AvgIpc) is 3.21. The lowest BCUT2D eigenvalue weighted by molar-refractivity contribution is -0.137. The van der Waals surface area contributed by atoms with Gasteiger partial charge in [0.1, 0.15) is 0 Å². The molecule has 0 unspecified atom stereocenters. The minimum atomic E-state index is -4.48. The molecule has 1 amide bonds. The van der Waals surface area contributed by atoms with Crippen LogP contribution in [0.2, 0.25) is 5.02 Å². The van der Waals surface area contributed by atoms with Crippen molar-refractivity contribution >= 4 is 34.5 Å². The Balaban J connectivity index is 1.61. The number of amides is 1. The van der Waals surface area contributed by atoms with Crippen molar-refractivity contribution in [2.24, 2.45) is 7.05 Å². The predicted molar refractivity (Wildman–Crippen MR) is 105 cm³/mol. The van der Waals surface area contributed by atoms with E-state index < -0.39 is 17.6 Å². The van der Waals surface area contributed by atoms with Crippen molar-refractivity contribution in [2.75, 3.05) is 5.32 Å². The third-order valence-corrected chi connectivity index (χ3v) is 4.85. The monoisotopic (exact) mass is 434 g/mol. The number of nitrogens with one attached hydrogen (secondary N) is 1. The molecule has 0 fully saturated rings. The average molecular weight is 435 g/mol. The number of anilines is 1. The van der Waals surface area contributed by atoms with Gasteiger partial charge in [-0.3, -0.25) is 10.1 Å². The van der Waals surface area contributed by atoms with Gasteiger partial charge in [-0.15, -0.1) is 0 Å². The molecule has 0 radical (unpaired) electrons. The maximum atomic E-state index is 12.7. The van der Waals surface area contributed by atoms with E-state index in [9.17, 15) is 18.0 Å². The summed E-state index contributed by atoms with van der Waals surface area (Å²) in [7, 11) is 1.75. The Labute approximate surface area is 173 Å². The molecule has 0 saturated carbocycles. The van der Waals surface area contributed by atoms with E-state index in [0.29, 0.717) is 22.2 Å². The van der Waals surface area contributed by atoms with Crippen LogP contribution < -0.4 is 5.32 Å². The number of aromatic nitrogens is 5. The maximum Gasteiger partial charge on any atom is 0.417 e. The highest BCUT2D eigenvalue weighted by atomic mass is 35.5. The second-order valence-corrected chi connectivity index (χ2v) is 6.98. The van der Waals surface area contributed by atoms with Gasteiger partial charge in [-0.1, -0.05) is 11.6 Å². The van der Waals surface area contributed by atoms with Gasteiger partial charge in [-0.05, 0) is 37.3 Å². The molecule has 4 aromatic rings. The Hall–Kier alpha value is -3.40. The van der Waals surface area contributed by atoms with Crippen LogP contribution in [0.1, 0.15) is 21.6 Å². The first-order valence-electron chi connectivity index (χ1n) is 8.66. The summed E-state index contributed by atoms with van der Waals surface area (Å²) in [6.45, 7) is 1.62. The van der Waals surface area contributed by atoms with Gasteiger partial charge >= 0.3 is 6.18 Å². The number of carbonyl (C=O) groups is 1. The number of pyridine rings is 1. The summed E-state index contributed by atoms with van der Waals surface area (Å²) in [5.74, 6) is 0.0177. The van der Waals surface area contributed by atoms with Gasteiger partial charge in [-0.25, -0.2) is 14.6 Å². The number of benzene rings is 1. The normalized spacial score (nSPS) is 11.8. The molecule has 0 aliphatic carbocycles. The van der Waals surface area contributed by atoms with Crippen molar-refractivity contribution < 1.29 is 18.0 Å². The number of rotatable bonds is 3. The number of nitrogens with zero attached hydrogens (tertiary/aromatic N) is 5. The first-order chi connectivity index (χ1) is 14.1. The number of hydrogen-bond donors (Lipinski definition) is 1. The molecule has 154 valence electrons. The zero-order valence-electron chi connectivity index (χ0n) is 15.7. The molecule has 1 N–H and O–H groups in total. The van der Waals surface area contributed by atoms with Crippen LogP contribution in [0, 0.1) is 6.92 Å². The Bertz CT molecular complexity index is 1260. The molecular weight excluding hydrogens is 421 g/mol. The van der Waals surface area contributed by atoms with Gasteiger partial charge in [0.15, 0.2) is 5.82 Å². The Morgan fingerprint density at radius 1 is 1.17 bits per heavy atom. The number of fused-ring (bicyclic) bond motifs is 1. The fourth-order valence-corrected chi connectivity index (χ4v) is 3.16. The Morgan fingerprint density at radius 2 is 1.93 bits per heavy atom. The first kappa shape index (κ1) is 19.9. The molecule has 0 bridgehead atoms. The largest absolute Gasteiger partial charge is 0.417 e. The highest BCUT2D eigenvalue weighted by molar-refractivity contribution is 6.31. The molecule has 0 aliphatic rings. The van der Waals surface area contributed by atoms with Crippen molar-refractivity contribution in [3.8, 4) is 5.82 Å². The summed E-state index contributed by atoms with van der Waals surface area (Å²) in [5, 5.41) is 7.33. The number of halogens is 4. The molecule has 0 aliphatic heterocycles. The van der Waals surface area contributed by atoms with E-state index in [-0.39, 0.29) is 11.4 Å². The van der Waals surface area contributed by atoms with Gasteiger partial charge in [0, 0.05) is 18.3 Å². The lowest BCUT2D eigenvalue weighted by atomic mass is 10.2. The van der Waals surface area contributed by atoms with E-state index in [0.717, 1.165) is 17.8 Å². The fraction of sp³-hybridized carbons (Fsp3) is 0.158. The number of aryl methyl sites for hydroxylation is 1. The quantitative estimate of drug-likeness (QED) is 0.519. The lowest BCUT2D eigenvalue weighted by Gasteiger charge is -2.08. The highest BCUT2D eigenvalue weighted by Gasteiger charge is 2.31. The zero-order chi connectivity index (χ0) is 21.6. The number of alkyl halides is 3. The molecule has 3 heterocycles. The van der Waals surface area contributed by atoms with E-state index in [1.807, 2.05) is 0 Å². The van der Waals surface area contributed by atoms with Crippen LogP contribution in [-0.4, -0.2) is 30.2 Å². The van der Waals surface area contributed by atoms with Gasteiger partial charge in [0.05, 0.1) is 34.1 Å². The summed E-state index contributed by atoms with van der Waals surface area (Å²) in [5.41, 5.74) is 1.21. The van der Waals surface area contributed by atoms with E-state index >= 15 is 0 Å². The summed E-state index contributed by atoms with van der Waals surface area (Å²) in [4.78, 5) is 20.9. The standard InChI is InChI=1S/C19H14ClF3N6O/c1-10-13(9-25-29(10)16-6-3-11(8-24-16)19(21,22)23)17(30)27-18-26-14-7-12(20)4-5-15(14)28(18)2/h3-9H,1-2H3,(H,26,27,30). The van der Waals surface area contributed by atoms with Crippen LogP contribution in [0.3, 0.4) is 0 Å². The maximum absolute atomic E-state index is 12.7. The molecule has 7 nitrogen and oxygen atoms in total. The SMILES string of the molecule is Cc1c(C(=O)Nc2nc3cc(Cl)ccc3n2C)cnn1-c1ccc(C(F)(F)F)cn1. The van der Waals surface area contributed by atoms with Crippen LogP contribution in [0.5, 0.6) is 0 Å². The van der Waals surface area contributed by atoms with Crippen LogP contribution in [0.4, 0.5) is 19.1 Å². The van der Waals surface area contributed by atoms with Gasteiger partial charge < -0.3 is 4.57 Å². The van der Waals surface area contributed by atoms with Crippen LogP contribution in [-0.2, 0) is 13.2 Å². The third-order valence-electron chi connectivity index (χ3n) is 4.61. The molecule has 3 aromatic heterocycles. The molecule has 30 heavy (non-hydrogen) atoms. The van der Waals surface area contributed by atoms with E-state index in [4.69, 9.17) is 11.6 Å². The van der Waals surface area contributed by atoms with Crippen molar-refractivity contribution in [1.82, 2.24) is 24.3 Å². The molecule has 0 saturated heterocycles. The van der Waals surface area contributed by atoms with Crippen molar-refractivity contribution in [3.63, 3.8) is 0 Å². The third kappa shape index (κ3) is 3.50. The predicted octanol–water partition coefficient (Wildman–Crippen LogP) is 4.39. The van der Waals surface area contributed by atoms with Gasteiger partial charge in [0.2, 0.25) is 5.95 Å². The number of hydrogen-bond acceptors (Lipinski definition) is 4. The molecule has 11 heteroatoms.